The third-order valence-corrected chi connectivity index (χ3v) is 4.32. The van der Waals surface area contributed by atoms with E-state index in [2.05, 4.69) is 15.9 Å². The zero-order valence-electron chi connectivity index (χ0n) is 8.68. The third kappa shape index (κ3) is 2.28. The Hall–Kier alpha value is -0.0900. The standard InChI is InChI=1S/C12H14BrClO2/c13-6-10-11(15)5-9(12(10)16)7-1-3-8(14)4-2-7/h1-4,9-12,15-16H,5-6H2. The molecule has 88 valence electrons. The highest BCUT2D eigenvalue weighted by Crippen LogP contribution is 2.39. The fourth-order valence-corrected chi connectivity index (χ4v) is 3.28. The molecule has 0 heterocycles. The van der Waals surface area contributed by atoms with E-state index in [9.17, 15) is 10.2 Å². The maximum atomic E-state index is 10.1. The van der Waals surface area contributed by atoms with Gasteiger partial charge < -0.3 is 10.2 Å². The lowest BCUT2D eigenvalue weighted by atomic mass is 9.94. The average Bonchev–Trinajstić information content (AvgIpc) is 2.55. The van der Waals surface area contributed by atoms with E-state index in [1.54, 1.807) is 0 Å². The first kappa shape index (κ1) is 12.4. The highest BCUT2D eigenvalue weighted by atomic mass is 79.9. The second-order valence-corrected chi connectivity index (χ2v) is 5.35. The summed E-state index contributed by atoms with van der Waals surface area (Å²) in [5.74, 6) is -0.0736. The average molecular weight is 306 g/mol. The number of benzene rings is 1. The minimum absolute atomic E-state index is 0.00909. The molecule has 1 aliphatic carbocycles. The summed E-state index contributed by atoms with van der Waals surface area (Å²) in [5.41, 5.74) is 1.04. The van der Waals surface area contributed by atoms with Gasteiger partial charge in [0.15, 0.2) is 0 Å². The molecule has 1 aromatic carbocycles. The lowest BCUT2D eigenvalue weighted by Gasteiger charge is -2.18. The van der Waals surface area contributed by atoms with Gasteiger partial charge in [-0.1, -0.05) is 39.7 Å². The van der Waals surface area contributed by atoms with Crippen LogP contribution in [0.15, 0.2) is 24.3 Å². The predicted molar refractivity (Wildman–Crippen MR) is 68.1 cm³/mol. The first-order valence-corrected chi connectivity index (χ1v) is 6.81. The third-order valence-electron chi connectivity index (χ3n) is 3.32. The monoisotopic (exact) mass is 304 g/mol. The Labute approximate surface area is 108 Å². The molecule has 0 radical (unpaired) electrons. The van der Waals surface area contributed by atoms with Gasteiger partial charge in [0.2, 0.25) is 0 Å². The highest BCUT2D eigenvalue weighted by Gasteiger charge is 2.41. The molecular weight excluding hydrogens is 291 g/mol. The molecule has 2 nitrogen and oxygen atoms in total. The Morgan fingerprint density at radius 3 is 2.38 bits per heavy atom. The molecule has 1 saturated carbocycles. The number of aliphatic hydroxyl groups is 2. The highest BCUT2D eigenvalue weighted by molar-refractivity contribution is 9.09. The SMILES string of the molecule is OC1CC(c2ccc(Cl)cc2)C(O)C1CBr. The molecule has 2 N–H and O–H groups in total. The van der Waals surface area contributed by atoms with Crippen LogP contribution in [0, 0.1) is 5.92 Å². The van der Waals surface area contributed by atoms with Crippen LogP contribution >= 0.6 is 27.5 Å². The van der Waals surface area contributed by atoms with Gasteiger partial charge in [-0.15, -0.1) is 0 Å². The van der Waals surface area contributed by atoms with Gasteiger partial charge in [-0.3, -0.25) is 0 Å². The molecule has 0 spiro atoms. The van der Waals surface area contributed by atoms with Gasteiger partial charge in [-0.2, -0.15) is 0 Å². The van der Waals surface area contributed by atoms with Gasteiger partial charge in [0.05, 0.1) is 12.2 Å². The van der Waals surface area contributed by atoms with Crippen LogP contribution in [0.5, 0.6) is 0 Å². The van der Waals surface area contributed by atoms with Gasteiger partial charge in [0, 0.05) is 22.2 Å². The molecule has 0 bridgehead atoms. The second-order valence-electron chi connectivity index (χ2n) is 4.27. The molecule has 1 aromatic rings. The van der Waals surface area contributed by atoms with E-state index in [1.165, 1.54) is 0 Å². The smallest absolute Gasteiger partial charge is 0.0670 e. The molecule has 0 saturated heterocycles. The summed E-state index contributed by atoms with van der Waals surface area (Å²) in [6, 6.07) is 7.47. The van der Waals surface area contributed by atoms with Crippen molar-refractivity contribution in [3.63, 3.8) is 0 Å². The minimum atomic E-state index is -0.490. The van der Waals surface area contributed by atoms with Crippen LogP contribution < -0.4 is 0 Å². The summed E-state index contributed by atoms with van der Waals surface area (Å²) in [7, 11) is 0. The van der Waals surface area contributed by atoms with Crippen molar-refractivity contribution in [3.8, 4) is 0 Å². The van der Waals surface area contributed by atoms with Gasteiger partial charge >= 0.3 is 0 Å². The second kappa shape index (κ2) is 5.05. The van der Waals surface area contributed by atoms with Gasteiger partial charge in [-0.25, -0.2) is 0 Å². The van der Waals surface area contributed by atoms with Crippen molar-refractivity contribution < 1.29 is 10.2 Å². The summed E-state index contributed by atoms with van der Waals surface area (Å²) in [5, 5.41) is 21.3. The van der Waals surface area contributed by atoms with E-state index in [0.717, 1.165) is 5.56 Å². The summed E-state index contributed by atoms with van der Waals surface area (Å²) >= 11 is 9.15. The Morgan fingerprint density at radius 1 is 1.25 bits per heavy atom. The topological polar surface area (TPSA) is 40.5 Å². The van der Waals surface area contributed by atoms with Crippen LogP contribution in [0.25, 0.3) is 0 Å². The Balaban J connectivity index is 2.20. The van der Waals surface area contributed by atoms with E-state index < -0.39 is 12.2 Å². The van der Waals surface area contributed by atoms with E-state index >= 15 is 0 Å². The summed E-state index contributed by atoms with van der Waals surface area (Å²) in [4.78, 5) is 0. The number of hydrogen-bond acceptors (Lipinski definition) is 2. The van der Waals surface area contributed by atoms with Crippen LogP contribution in [-0.4, -0.2) is 27.8 Å². The lowest BCUT2D eigenvalue weighted by Crippen LogP contribution is -2.25. The molecule has 0 aliphatic heterocycles. The maximum Gasteiger partial charge on any atom is 0.0670 e. The fraction of sp³-hybridized carbons (Fsp3) is 0.500. The summed E-state index contributed by atoms with van der Waals surface area (Å²) < 4.78 is 0. The van der Waals surface area contributed by atoms with Crippen LogP contribution in [0.2, 0.25) is 5.02 Å². The predicted octanol–water partition coefficient (Wildman–Crippen LogP) is 2.56. The van der Waals surface area contributed by atoms with Crippen molar-refractivity contribution in [2.24, 2.45) is 5.92 Å². The van der Waals surface area contributed by atoms with Crippen LogP contribution in [0.1, 0.15) is 17.9 Å². The van der Waals surface area contributed by atoms with Gasteiger partial charge in [-0.05, 0) is 24.1 Å². The number of aliphatic hydroxyl groups excluding tert-OH is 2. The van der Waals surface area contributed by atoms with Crippen LogP contribution in [-0.2, 0) is 0 Å². The van der Waals surface area contributed by atoms with Crippen molar-refractivity contribution in [2.75, 3.05) is 5.33 Å². The molecule has 2 rings (SSSR count). The molecule has 0 amide bonds. The first-order valence-electron chi connectivity index (χ1n) is 5.31. The summed E-state index contributed by atoms with van der Waals surface area (Å²) in [6.07, 6.45) is -0.315. The quantitative estimate of drug-likeness (QED) is 0.825. The van der Waals surface area contributed by atoms with Gasteiger partial charge in [0.25, 0.3) is 0 Å². The zero-order valence-corrected chi connectivity index (χ0v) is 11.0. The van der Waals surface area contributed by atoms with E-state index in [4.69, 9.17) is 11.6 Å². The van der Waals surface area contributed by atoms with E-state index in [0.29, 0.717) is 16.8 Å². The lowest BCUT2D eigenvalue weighted by molar-refractivity contribution is 0.0757. The Kier molecular flexibility index (Phi) is 3.90. The largest absolute Gasteiger partial charge is 0.393 e. The van der Waals surface area contributed by atoms with Crippen molar-refractivity contribution in [2.45, 2.75) is 24.5 Å². The normalized spacial score (nSPS) is 34.2. The molecule has 0 aromatic heterocycles. The van der Waals surface area contributed by atoms with Crippen molar-refractivity contribution in [1.82, 2.24) is 0 Å². The molecular formula is C12H14BrClO2. The van der Waals surface area contributed by atoms with Crippen molar-refractivity contribution in [1.29, 1.82) is 0 Å². The molecule has 16 heavy (non-hydrogen) atoms. The maximum absolute atomic E-state index is 10.1. The minimum Gasteiger partial charge on any atom is -0.393 e. The summed E-state index contributed by atoms with van der Waals surface area (Å²) in [6.45, 7) is 0. The number of rotatable bonds is 2. The van der Waals surface area contributed by atoms with Crippen LogP contribution in [0.3, 0.4) is 0 Å². The zero-order chi connectivity index (χ0) is 11.7. The van der Waals surface area contributed by atoms with E-state index in [-0.39, 0.29) is 11.8 Å². The number of halogens is 2. The Morgan fingerprint density at radius 2 is 1.88 bits per heavy atom. The molecule has 1 fully saturated rings. The van der Waals surface area contributed by atoms with Crippen molar-refractivity contribution >= 4 is 27.5 Å². The molecule has 4 atom stereocenters. The molecule has 4 unspecified atom stereocenters. The Bertz CT molecular complexity index is 355. The fourth-order valence-electron chi connectivity index (χ4n) is 2.34. The van der Waals surface area contributed by atoms with Crippen LogP contribution in [0.4, 0.5) is 0 Å². The number of alkyl halides is 1. The van der Waals surface area contributed by atoms with E-state index in [1.807, 2.05) is 24.3 Å². The van der Waals surface area contributed by atoms with Crippen molar-refractivity contribution in [3.05, 3.63) is 34.9 Å². The molecule has 4 heteroatoms. The molecule has 1 aliphatic rings. The van der Waals surface area contributed by atoms with Gasteiger partial charge in [0.1, 0.15) is 0 Å². The first-order chi connectivity index (χ1) is 7.63. The number of hydrogen-bond donors (Lipinski definition) is 2.